The lowest BCUT2D eigenvalue weighted by Gasteiger charge is -2.21. The predicted octanol–water partition coefficient (Wildman–Crippen LogP) is 1.09. The first-order valence-corrected chi connectivity index (χ1v) is 6.67. The van der Waals surface area contributed by atoms with Crippen molar-refractivity contribution in [1.29, 1.82) is 0 Å². The molecule has 0 saturated carbocycles. The minimum atomic E-state index is 0.161. The van der Waals surface area contributed by atoms with Gasteiger partial charge >= 0.3 is 0 Å². The quantitative estimate of drug-likeness (QED) is 0.904. The van der Waals surface area contributed by atoms with Gasteiger partial charge in [-0.05, 0) is 24.7 Å². The van der Waals surface area contributed by atoms with Crippen LogP contribution in [0.5, 0.6) is 11.5 Å². The number of aromatic nitrogens is 3. The van der Waals surface area contributed by atoms with Crippen molar-refractivity contribution in [3.05, 3.63) is 35.9 Å². The van der Waals surface area contributed by atoms with Crippen LogP contribution in [0.15, 0.2) is 24.5 Å². The Morgan fingerprint density at radius 2 is 2.10 bits per heavy atom. The lowest BCUT2D eigenvalue weighted by Crippen LogP contribution is -2.21. The van der Waals surface area contributed by atoms with Gasteiger partial charge in [0, 0.05) is 19.5 Å². The Labute approximate surface area is 117 Å². The van der Waals surface area contributed by atoms with E-state index < -0.39 is 0 Å². The maximum Gasteiger partial charge on any atom is 0.161 e. The summed E-state index contributed by atoms with van der Waals surface area (Å²) in [6, 6.07) is 6.22. The van der Waals surface area contributed by atoms with Gasteiger partial charge in [-0.25, -0.2) is 4.98 Å². The number of hydrogen-bond donors (Lipinski definition) is 1. The van der Waals surface area contributed by atoms with Crippen molar-refractivity contribution in [2.75, 3.05) is 20.3 Å². The van der Waals surface area contributed by atoms with Gasteiger partial charge in [0.05, 0.1) is 0 Å². The summed E-state index contributed by atoms with van der Waals surface area (Å²) in [5.74, 6) is 2.57. The molecule has 20 heavy (non-hydrogen) atoms. The first-order chi connectivity index (χ1) is 9.78. The molecule has 2 aromatic rings. The number of fused-ring (bicyclic) bond motifs is 1. The van der Waals surface area contributed by atoms with Crippen LogP contribution in [0.4, 0.5) is 0 Å². The second kappa shape index (κ2) is 5.50. The molecule has 0 amide bonds. The van der Waals surface area contributed by atoms with E-state index >= 15 is 0 Å². The Bertz CT molecular complexity index is 597. The van der Waals surface area contributed by atoms with E-state index in [9.17, 15) is 0 Å². The van der Waals surface area contributed by atoms with Gasteiger partial charge in [0.2, 0.25) is 0 Å². The highest BCUT2D eigenvalue weighted by molar-refractivity contribution is 5.44. The van der Waals surface area contributed by atoms with E-state index in [0.29, 0.717) is 13.2 Å². The second-order valence-electron chi connectivity index (χ2n) is 4.75. The molecule has 1 aliphatic heterocycles. The van der Waals surface area contributed by atoms with Crippen molar-refractivity contribution in [2.24, 2.45) is 7.05 Å². The Kier molecular flexibility index (Phi) is 3.56. The number of nitrogens with zero attached hydrogens (tertiary/aromatic N) is 3. The summed E-state index contributed by atoms with van der Waals surface area (Å²) in [6.45, 7) is 1.21. The third kappa shape index (κ3) is 2.46. The third-order valence-electron chi connectivity index (χ3n) is 3.51. The highest BCUT2D eigenvalue weighted by Crippen LogP contribution is 2.33. The van der Waals surface area contributed by atoms with Gasteiger partial charge in [-0.2, -0.15) is 5.10 Å². The average molecular weight is 274 g/mol. The number of rotatable bonds is 4. The van der Waals surface area contributed by atoms with Crippen LogP contribution in [0.3, 0.4) is 0 Å². The topological polar surface area (TPSA) is 61.2 Å². The summed E-state index contributed by atoms with van der Waals surface area (Å²) in [7, 11) is 3.84. The van der Waals surface area contributed by atoms with E-state index in [2.05, 4.69) is 21.5 Å². The van der Waals surface area contributed by atoms with Gasteiger partial charge in [-0.15, -0.1) is 0 Å². The summed E-state index contributed by atoms with van der Waals surface area (Å²) in [5, 5.41) is 7.41. The molecule has 0 saturated heterocycles. The van der Waals surface area contributed by atoms with Crippen LogP contribution in [-0.4, -0.2) is 35.0 Å². The first kappa shape index (κ1) is 12.9. The Hall–Kier alpha value is -2.08. The van der Waals surface area contributed by atoms with Crippen molar-refractivity contribution in [1.82, 2.24) is 20.1 Å². The molecule has 0 fully saturated rings. The second-order valence-corrected chi connectivity index (χ2v) is 4.75. The monoisotopic (exact) mass is 274 g/mol. The van der Waals surface area contributed by atoms with Gasteiger partial charge in [0.15, 0.2) is 11.5 Å². The van der Waals surface area contributed by atoms with Crippen LogP contribution < -0.4 is 14.8 Å². The standard InChI is InChI=1S/C14H18N4O2/c1-15-11(8-14-16-9-17-18(14)2)10-3-4-12-13(7-10)20-6-5-19-12/h3-4,7,9,11,15H,5-6,8H2,1-2H3. The zero-order valence-corrected chi connectivity index (χ0v) is 11.7. The zero-order chi connectivity index (χ0) is 13.9. The van der Waals surface area contributed by atoms with Crippen LogP contribution >= 0.6 is 0 Å². The molecule has 0 radical (unpaired) electrons. The summed E-state index contributed by atoms with van der Waals surface area (Å²) in [4.78, 5) is 4.27. The molecule has 1 aromatic heterocycles. The molecule has 0 aliphatic carbocycles. The normalized spacial score (nSPS) is 15.1. The minimum Gasteiger partial charge on any atom is -0.486 e. The maximum atomic E-state index is 5.63. The van der Waals surface area contributed by atoms with Gasteiger partial charge in [-0.3, -0.25) is 4.68 Å². The fourth-order valence-corrected chi connectivity index (χ4v) is 2.35. The summed E-state index contributed by atoms with van der Waals surface area (Å²) >= 11 is 0. The van der Waals surface area contributed by atoms with Gasteiger partial charge < -0.3 is 14.8 Å². The van der Waals surface area contributed by atoms with Crippen molar-refractivity contribution in [3.63, 3.8) is 0 Å². The Morgan fingerprint density at radius 1 is 1.30 bits per heavy atom. The van der Waals surface area contributed by atoms with E-state index in [1.54, 1.807) is 11.0 Å². The largest absolute Gasteiger partial charge is 0.486 e. The molecular weight excluding hydrogens is 256 g/mol. The molecule has 1 N–H and O–H groups in total. The van der Waals surface area contributed by atoms with Crippen LogP contribution in [0.25, 0.3) is 0 Å². The van der Waals surface area contributed by atoms with Crippen molar-refractivity contribution in [3.8, 4) is 11.5 Å². The zero-order valence-electron chi connectivity index (χ0n) is 11.7. The smallest absolute Gasteiger partial charge is 0.161 e. The molecule has 106 valence electrons. The van der Waals surface area contributed by atoms with Crippen molar-refractivity contribution in [2.45, 2.75) is 12.5 Å². The molecule has 6 nitrogen and oxygen atoms in total. The SMILES string of the molecule is CNC(Cc1ncnn1C)c1ccc2c(c1)OCCO2. The lowest BCUT2D eigenvalue weighted by molar-refractivity contribution is 0.171. The highest BCUT2D eigenvalue weighted by Gasteiger charge is 2.17. The molecule has 1 aliphatic rings. The number of hydrogen-bond acceptors (Lipinski definition) is 5. The fourth-order valence-electron chi connectivity index (χ4n) is 2.35. The van der Waals surface area contributed by atoms with E-state index in [0.717, 1.165) is 29.3 Å². The lowest BCUT2D eigenvalue weighted by atomic mass is 10.0. The van der Waals surface area contributed by atoms with Crippen LogP contribution in [-0.2, 0) is 13.5 Å². The fraction of sp³-hybridized carbons (Fsp3) is 0.429. The highest BCUT2D eigenvalue weighted by atomic mass is 16.6. The molecule has 1 unspecified atom stereocenters. The number of benzene rings is 1. The van der Waals surface area contributed by atoms with Gasteiger partial charge in [0.25, 0.3) is 0 Å². The number of nitrogens with one attached hydrogen (secondary N) is 1. The van der Waals surface area contributed by atoms with E-state index in [1.165, 1.54) is 0 Å². The van der Waals surface area contributed by atoms with Crippen LogP contribution in [0, 0.1) is 0 Å². The predicted molar refractivity (Wildman–Crippen MR) is 73.9 cm³/mol. The summed E-state index contributed by atoms with van der Waals surface area (Å²) in [6.07, 6.45) is 2.35. The van der Waals surface area contributed by atoms with Crippen molar-refractivity contribution >= 4 is 0 Å². The first-order valence-electron chi connectivity index (χ1n) is 6.67. The van der Waals surface area contributed by atoms with E-state index in [1.807, 2.05) is 26.2 Å². The molecule has 0 bridgehead atoms. The molecule has 1 aromatic carbocycles. The van der Waals surface area contributed by atoms with E-state index in [4.69, 9.17) is 9.47 Å². The summed E-state index contributed by atoms with van der Waals surface area (Å²) < 4.78 is 13.0. The molecular formula is C14H18N4O2. The van der Waals surface area contributed by atoms with E-state index in [-0.39, 0.29) is 6.04 Å². The summed E-state index contributed by atoms with van der Waals surface area (Å²) in [5.41, 5.74) is 1.15. The molecule has 3 rings (SSSR count). The number of ether oxygens (including phenoxy) is 2. The molecule has 6 heteroatoms. The third-order valence-corrected chi connectivity index (χ3v) is 3.51. The molecule has 0 spiro atoms. The molecule has 2 heterocycles. The van der Waals surface area contributed by atoms with Gasteiger partial charge in [-0.1, -0.05) is 6.07 Å². The Balaban J connectivity index is 1.84. The van der Waals surface area contributed by atoms with Gasteiger partial charge in [0.1, 0.15) is 25.4 Å². The maximum absolute atomic E-state index is 5.63. The van der Waals surface area contributed by atoms with Crippen LogP contribution in [0.1, 0.15) is 17.4 Å². The molecule has 1 atom stereocenters. The number of likely N-dealkylation sites (N-methyl/N-ethyl adjacent to an activating group) is 1. The van der Waals surface area contributed by atoms with Crippen molar-refractivity contribution < 1.29 is 9.47 Å². The average Bonchev–Trinajstić information content (AvgIpc) is 2.89. The number of aryl methyl sites for hydroxylation is 1. The van der Waals surface area contributed by atoms with Crippen LogP contribution in [0.2, 0.25) is 0 Å². The Morgan fingerprint density at radius 3 is 2.80 bits per heavy atom. The minimum absolute atomic E-state index is 0.161.